The number of carbonyl (C=O) groups excluding carboxylic acids is 1. The van der Waals surface area contributed by atoms with E-state index in [1.807, 2.05) is 26.8 Å². The van der Waals surface area contributed by atoms with Crippen LogP contribution in [0.1, 0.15) is 39.7 Å². The molecule has 1 aliphatic rings. The van der Waals surface area contributed by atoms with Crippen molar-refractivity contribution in [2.45, 2.75) is 52.2 Å². The molecule has 3 N–H and O–H groups in total. The molecular weight excluding hydrogens is 493 g/mol. The van der Waals surface area contributed by atoms with Crippen LogP contribution in [0.5, 0.6) is 0 Å². The number of aromatic amines is 1. The van der Waals surface area contributed by atoms with Gasteiger partial charge in [-0.05, 0) is 52.2 Å². The zero-order valence-corrected chi connectivity index (χ0v) is 20.7. The second kappa shape index (κ2) is 10.9. The molecule has 1 aromatic heterocycles. The van der Waals surface area contributed by atoms with E-state index in [2.05, 4.69) is 51.8 Å². The maximum Gasteiger partial charge on any atom is 0.407 e. The van der Waals surface area contributed by atoms with E-state index in [1.165, 1.54) is 10.9 Å². The van der Waals surface area contributed by atoms with E-state index in [9.17, 15) is 4.79 Å². The van der Waals surface area contributed by atoms with Crippen LogP contribution in [-0.4, -0.2) is 59.8 Å². The lowest BCUT2D eigenvalue weighted by Gasteiger charge is -2.23. The van der Waals surface area contributed by atoms with Gasteiger partial charge in [0, 0.05) is 43.3 Å². The number of hydrogen-bond donors (Lipinski definition) is 3. The van der Waals surface area contributed by atoms with Crippen LogP contribution in [0.2, 0.25) is 0 Å². The number of benzene rings is 1. The van der Waals surface area contributed by atoms with Crippen molar-refractivity contribution in [1.82, 2.24) is 20.5 Å². The largest absolute Gasteiger partial charge is 0.444 e. The molecule has 166 valence electrons. The highest BCUT2D eigenvalue weighted by Crippen LogP contribution is 2.18. The molecule has 30 heavy (non-hydrogen) atoms. The van der Waals surface area contributed by atoms with E-state index in [4.69, 9.17) is 9.73 Å². The number of aromatic nitrogens is 1. The van der Waals surface area contributed by atoms with Crippen LogP contribution in [0.3, 0.4) is 0 Å². The summed E-state index contributed by atoms with van der Waals surface area (Å²) < 4.78 is 5.37. The number of amides is 1. The van der Waals surface area contributed by atoms with Gasteiger partial charge in [0.05, 0.1) is 6.04 Å². The summed E-state index contributed by atoms with van der Waals surface area (Å²) in [5.41, 5.74) is 1.96. The Hall–Kier alpha value is -1.97. The van der Waals surface area contributed by atoms with Crippen LogP contribution in [0.4, 0.5) is 4.79 Å². The van der Waals surface area contributed by atoms with E-state index in [0.717, 1.165) is 44.0 Å². The number of para-hydroxylation sites is 1. The van der Waals surface area contributed by atoms with Gasteiger partial charge < -0.3 is 25.3 Å². The van der Waals surface area contributed by atoms with Crippen LogP contribution in [0, 0.1) is 0 Å². The Balaban J connectivity index is 0.00000320. The molecular formula is C22H34IN5O2. The van der Waals surface area contributed by atoms with Crippen molar-refractivity contribution in [3.05, 3.63) is 36.0 Å². The monoisotopic (exact) mass is 527 g/mol. The number of guanidine groups is 1. The Morgan fingerprint density at radius 3 is 2.83 bits per heavy atom. The van der Waals surface area contributed by atoms with E-state index in [0.29, 0.717) is 6.54 Å². The van der Waals surface area contributed by atoms with Crippen molar-refractivity contribution < 1.29 is 9.53 Å². The van der Waals surface area contributed by atoms with Gasteiger partial charge in [-0.1, -0.05) is 18.2 Å². The fourth-order valence-electron chi connectivity index (χ4n) is 3.59. The number of rotatable bonds is 5. The predicted molar refractivity (Wildman–Crippen MR) is 133 cm³/mol. The van der Waals surface area contributed by atoms with Crippen LogP contribution in [-0.2, 0) is 11.2 Å². The molecule has 0 saturated carbocycles. The maximum atomic E-state index is 12.0. The summed E-state index contributed by atoms with van der Waals surface area (Å²) in [5.74, 6) is 0.904. The second-order valence-corrected chi connectivity index (χ2v) is 8.42. The lowest BCUT2D eigenvalue weighted by molar-refractivity contribution is 0.0507. The van der Waals surface area contributed by atoms with Gasteiger partial charge >= 0.3 is 6.09 Å². The van der Waals surface area contributed by atoms with Gasteiger partial charge in [-0.3, -0.25) is 4.99 Å². The topological polar surface area (TPSA) is 81.8 Å². The third kappa shape index (κ3) is 6.78. The summed E-state index contributed by atoms with van der Waals surface area (Å²) in [6.45, 7) is 10.8. The highest BCUT2D eigenvalue weighted by atomic mass is 127. The molecule has 1 atom stereocenters. The Bertz CT molecular complexity index is 859. The number of likely N-dealkylation sites (tertiary alicyclic amines) is 1. The summed E-state index contributed by atoms with van der Waals surface area (Å²) in [7, 11) is 0. The number of ether oxygens (including phenoxy) is 1. The second-order valence-electron chi connectivity index (χ2n) is 8.42. The summed E-state index contributed by atoms with van der Waals surface area (Å²) >= 11 is 0. The third-order valence-electron chi connectivity index (χ3n) is 4.86. The van der Waals surface area contributed by atoms with Gasteiger partial charge in [0.15, 0.2) is 5.96 Å². The number of nitrogens with zero attached hydrogens (tertiary/aromatic N) is 2. The molecule has 1 amide bonds. The number of halogens is 1. The molecule has 1 aliphatic heterocycles. The molecule has 0 radical (unpaired) electrons. The van der Waals surface area contributed by atoms with Gasteiger partial charge in [-0.25, -0.2) is 4.79 Å². The molecule has 8 heteroatoms. The Morgan fingerprint density at radius 2 is 2.10 bits per heavy atom. The number of hydrogen-bond acceptors (Lipinski definition) is 3. The van der Waals surface area contributed by atoms with Gasteiger partial charge in [0.2, 0.25) is 0 Å². The number of aliphatic imine (C=N–C) groups is 1. The molecule has 2 aromatic rings. The number of nitrogens with one attached hydrogen (secondary N) is 3. The molecule has 0 aliphatic carbocycles. The first-order valence-corrected chi connectivity index (χ1v) is 10.4. The van der Waals surface area contributed by atoms with E-state index in [-0.39, 0.29) is 36.1 Å². The van der Waals surface area contributed by atoms with Crippen LogP contribution >= 0.6 is 24.0 Å². The number of H-pyrrole nitrogens is 1. The minimum Gasteiger partial charge on any atom is -0.444 e. The van der Waals surface area contributed by atoms with Gasteiger partial charge in [-0.2, -0.15) is 0 Å². The van der Waals surface area contributed by atoms with Crippen LogP contribution in [0.15, 0.2) is 35.5 Å². The fourth-order valence-corrected chi connectivity index (χ4v) is 3.59. The highest BCUT2D eigenvalue weighted by Gasteiger charge is 2.27. The van der Waals surface area contributed by atoms with Gasteiger partial charge in [0.1, 0.15) is 5.60 Å². The SMILES string of the molecule is CCNC(=NCCc1c[nH]c2ccccc12)N1CCC(NC(=O)OC(C)(C)C)C1.I. The van der Waals surface area contributed by atoms with Crippen molar-refractivity contribution >= 4 is 46.9 Å². The first-order valence-electron chi connectivity index (χ1n) is 10.4. The van der Waals surface area contributed by atoms with Crippen molar-refractivity contribution in [2.75, 3.05) is 26.2 Å². The summed E-state index contributed by atoms with van der Waals surface area (Å²) in [6.07, 6.45) is 3.48. The van der Waals surface area contributed by atoms with Crippen LogP contribution in [0.25, 0.3) is 10.9 Å². The predicted octanol–water partition coefficient (Wildman–Crippen LogP) is 3.89. The standard InChI is InChI=1S/C22H33N5O2.HI/c1-5-23-20(24-12-10-16-14-25-19-9-7-6-8-18(16)19)27-13-11-17(15-27)26-21(28)29-22(2,3)4;/h6-9,14,17,25H,5,10-13,15H2,1-4H3,(H,23,24)(H,26,28);1H. The normalized spacial score (nSPS) is 17.0. The molecule has 1 unspecified atom stereocenters. The minimum atomic E-state index is -0.485. The van der Waals surface area contributed by atoms with Crippen molar-refractivity contribution in [3.8, 4) is 0 Å². The minimum absolute atomic E-state index is 0. The molecule has 1 saturated heterocycles. The quantitative estimate of drug-likeness (QED) is 0.313. The fraction of sp³-hybridized carbons (Fsp3) is 0.545. The molecule has 0 spiro atoms. The van der Waals surface area contributed by atoms with E-state index < -0.39 is 5.60 Å². The lowest BCUT2D eigenvalue weighted by atomic mass is 10.1. The molecule has 1 aromatic carbocycles. The molecule has 2 heterocycles. The number of carbonyl (C=O) groups is 1. The molecule has 7 nitrogen and oxygen atoms in total. The summed E-state index contributed by atoms with van der Waals surface area (Å²) in [6, 6.07) is 8.41. The zero-order valence-electron chi connectivity index (χ0n) is 18.3. The average Bonchev–Trinajstić information content (AvgIpc) is 3.27. The van der Waals surface area contributed by atoms with E-state index in [1.54, 1.807) is 0 Å². The first kappa shape index (κ1) is 24.3. The average molecular weight is 527 g/mol. The molecule has 0 bridgehead atoms. The summed E-state index contributed by atoms with van der Waals surface area (Å²) in [5, 5.41) is 7.61. The van der Waals surface area contributed by atoms with Crippen molar-refractivity contribution in [3.63, 3.8) is 0 Å². The molecule has 3 rings (SSSR count). The maximum absolute atomic E-state index is 12.0. The number of alkyl carbamates (subject to hydrolysis) is 1. The smallest absolute Gasteiger partial charge is 0.407 e. The van der Waals surface area contributed by atoms with Crippen LogP contribution < -0.4 is 10.6 Å². The first-order chi connectivity index (χ1) is 13.9. The van der Waals surface area contributed by atoms with Crippen molar-refractivity contribution in [2.24, 2.45) is 4.99 Å². The summed E-state index contributed by atoms with van der Waals surface area (Å²) in [4.78, 5) is 22.4. The lowest BCUT2D eigenvalue weighted by Crippen LogP contribution is -2.44. The third-order valence-corrected chi connectivity index (χ3v) is 4.86. The Kier molecular flexibility index (Phi) is 8.81. The van der Waals surface area contributed by atoms with Crippen molar-refractivity contribution in [1.29, 1.82) is 0 Å². The highest BCUT2D eigenvalue weighted by molar-refractivity contribution is 14.0. The zero-order chi connectivity index (χ0) is 20.9. The van der Waals surface area contributed by atoms with E-state index >= 15 is 0 Å². The Morgan fingerprint density at radius 1 is 1.33 bits per heavy atom. The Labute approximate surface area is 196 Å². The van der Waals surface area contributed by atoms with Gasteiger partial charge in [0.25, 0.3) is 0 Å². The number of fused-ring (bicyclic) bond motifs is 1. The molecule has 1 fully saturated rings. The van der Waals surface area contributed by atoms with Gasteiger partial charge in [-0.15, -0.1) is 24.0 Å².